The van der Waals surface area contributed by atoms with Crippen molar-refractivity contribution in [2.75, 3.05) is 7.11 Å². The van der Waals surface area contributed by atoms with Crippen LogP contribution in [0.4, 0.5) is 0 Å². The molecule has 1 aromatic carbocycles. The predicted molar refractivity (Wildman–Crippen MR) is 68.5 cm³/mol. The number of nitrogens with zero attached hydrogens (tertiary/aromatic N) is 1. The van der Waals surface area contributed by atoms with Crippen molar-refractivity contribution in [3.63, 3.8) is 0 Å². The van der Waals surface area contributed by atoms with Gasteiger partial charge in [0.25, 0.3) is 0 Å². The number of Topliss-reactive ketones (excluding diaryl/α,β-unsaturated/α-hetero) is 1. The van der Waals surface area contributed by atoms with Gasteiger partial charge in [0, 0.05) is 5.56 Å². The van der Waals surface area contributed by atoms with E-state index in [1.54, 1.807) is 31.4 Å². The van der Waals surface area contributed by atoms with Gasteiger partial charge in [-0.05, 0) is 37.1 Å². The molecule has 0 radical (unpaired) electrons. The second-order valence-corrected chi connectivity index (χ2v) is 4.81. The maximum atomic E-state index is 12.5. The molecule has 18 heavy (non-hydrogen) atoms. The highest BCUT2D eigenvalue weighted by Gasteiger charge is 2.39. The Bertz CT molecular complexity index is 464. The van der Waals surface area contributed by atoms with Crippen LogP contribution in [0, 0.1) is 16.7 Å². The zero-order valence-electron chi connectivity index (χ0n) is 10.6. The lowest BCUT2D eigenvalue weighted by Crippen LogP contribution is -2.32. The van der Waals surface area contributed by atoms with Gasteiger partial charge in [-0.3, -0.25) is 4.79 Å². The standard InChI is InChI=1S/C15H17NO2/c1-18-13-7-5-12(6-8-13)14(17)15(11-16)9-3-2-4-10-15/h5-8H,2-4,9-10H2,1H3. The summed E-state index contributed by atoms with van der Waals surface area (Å²) in [5.41, 5.74) is -0.188. The number of hydrogen-bond donors (Lipinski definition) is 0. The average Bonchev–Trinajstić information content (AvgIpc) is 2.47. The first-order valence-electron chi connectivity index (χ1n) is 6.32. The summed E-state index contributed by atoms with van der Waals surface area (Å²) in [5.74, 6) is 0.688. The fourth-order valence-corrected chi connectivity index (χ4v) is 2.56. The Balaban J connectivity index is 2.25. The van der Waals surface area contributed by atoms with Crippen LogP contribution in [-0.4, -0.2) is 12.9 Å². The van der Waals surface area contributed by atoms with Gasteiger partial charge in [0.2, 0.25) is 0 Å². The fourth-order valence-electron chi connectivity index (χ4n) is 2.56. The largest absolute Gasteiger partial charge is 0.497 e. The number of ether oxygens (including phenoxy) is 1. The van der Waals surface area contributed by atoms with Gasteiger partial charge >= 0.3 is 0 Å². The monoisotopic (exact) mass is 243 g/mol. The van der Waals surface area contributed by atoms with Crippen molar-refractivity contribution in [1.29, 1.82) is 5.26 Å². The number of methoxy groups -OCH3 is 1. The maximum absolute atomic E-state index is 12.5. The number of ketones is 1. The van der Waals surface area contributed by atoms with Crippen LogP contribution in [0.3, 0.4) is 0 Å². The average molecular weight is 243 g/mol. The zero-order valence-corrected chi connectivity index (χ0v) is 10.6. The molecule has 0 saturated heterocycles. The molecule has 0 unspecified atom stereocenters. The van der Waals surface area contributed by atoms with E-state index >= 15 is 0 Å². The first kappa shape index (κ1) is 12.6. The number of nitriles is 1. The lowest BCUT2D eigenvalue weighted by Gasteiger charge is -2.29. The highest BCUT2D eigenvalue weighted by atomic mass is 16.5. The minimum absolute atomic E-state index is 0.0349. The first-order chi connectivity index (χ1) is 8.72. The minimum Gasteiger partial charge on any atom is -0.497 e. The Morgan fingerprint density at radius 1 is 1.22 bits per heavy atom. The van der Waals surface area contributed by atoms with Gasteiger partial charge in [-0.2, -0.15) is 5.26 Å². The van der Waals surface area contributed by atoms with Gasteiger partial charge in [0.15, 0.2) is 5.78 Å². The fraction of sp³-hybridized carbons (Fsp3) is 0.467. The highest BCUT2D eigenvalue weighted by molar-refractivity contribution is 6.02. The number of carbonyl (C=O) groups is 1. The zero-order chi connectivity index (χ0) is 13.0. The van der Waals surface area contributed by atoms with Crippen LogP contribution < -0.4 is 4.74 Å². The molecule has 3 heteroatoms. The Hall–Kier alpha value is -1.82. The predicted octanol–water partition coefficient (Wildman–Crippen LogP) is 3.35. The number of rotatable bonds is 3. The molecule has 3 nitrogen and oxygen atoms in total. The second-order valence-electron chi connectivity index (χ2n) is 4.81. The quantitative estimate of drug-likeness (QED) is 0.765. The molecule has 2 rings (SSSR count). The Morgan fingerprint density at radius 2 is 1.83 bits per heavy atom. The third kappa shape index (κ3) is 2.24. The summed E-state index contributed by atoms with van der Waals surface area (Å²) in [4.78, 5) is 12.5. The third-order valence-electron chi connectivity index (χ3n) is 3.71. The van der Waals surface area contributed by atoms with Crippen molar-refractivity contribution in [2.45, 2.75) is 32.1 Å². The molecule has 0 spiro atoms. The van der Waals surface area contributed by atoms with Crippen molar-refractivity contribution in [3.8, 4) is 11.8 Å². The Labute approximate surface area is 107 Å². The summed E-state index contributed by atoms with van der Waals surface area (Å²) in [6.07, 6.45) is 4.44. The summed E-state index contributed by atoms with van der Waals surface area (Å²) in [6, 6.07) is 9.28. The van der Waals surface area contributed by atoms with E-state index in [2.05, 4.69) is 6.07 Å². The van der Waals surface area contributed by atoms with Crippen LogP contribution in [0.2, 0.25) is 0 Å². The van der Waals surface area contributed by atoms with Gasteiger partial charge in [-0.25, -0.2) is 0 Å². The second kappa shape index (κ2) is 5.22. The molecule has 1 fully saturated rings. The van der Waals surface area contributed by atoms with Gasteiger partial charge in [0.1, 0.15) is 11.2 Å². The lowest BCUT2D eigenvalue weighted by molar-refractivity contribution is 0.0810. The molecule has 0 N–H and O–H groups in total. The van der Waals surface area contributed by atoms with Gasteiger partial charge in [-0.1, -0.05) is 19.3 Å². The van der Waals surface area contributed by atoms with Gasteiger partial charge in [-0.15, -0.1) is 0 Å². The van der Waals surface area contributed by atoms with Crippen molar-refractivity contribution in [2.24, 2.45) is 5.41 Å². The van der Waals surface area contributed by atoms with Crippen LogP contribution >= 0.6 is 0 Å². The maximum Gasteiger partial charge on any atom is 0.183 e. The van der Waals surface area contributed by atoms with Crippen LogP contribution in [-0.2, 0) is 0 Å². The summed E-state index contributed by atoms with van der Waals surface area (Å²) in [5, 5.41) is 9.38. The SMILES string of the molecule is COc1ccc(C(=O)C2(C#N)CCCCC2)cc1. The number of carbonyl (C=O) groups excluding carboxylic acids is 1. The van der Waals surface area contributed by atoms with Crippen molar-refractivity contribution < 1.29 is 9.53 Å². The van der Waals surface area contributed by atoms with Crippen LogP contribution in [0.15, 0.2) is 24.3 Å². The molecule has 0 aromatic heterocycles. The molecule has 1 saturated carbocycles. The number of benzene rings is 1. The third-order valence-corrected chi connectivity index (χ3v) is 3.71. The van der Waals surface area contributed by atoms with E-state index in [0.717, 1.165) is 25.0 Å². The van der Waals surface area contributed by atoms with Crippen LogP contribution in [0.5, 0.6) is 5.75 Å². The molecule has 0 amide bonds. The molecular weight excluding hydrogens is 226 g/mol. The molecule has 1 aliphatic rings. The molecular formula is C15H17NO2. The molecule has 0 heterocycles. The van der Waals surface area contributed by atoms with Crippen molar-refractivity contribution >= 4 is 5.78 Å². The van der Waals surface area contributed by atoms with Crippen molar-refractivity contribution in [3.05, 3.63) is 29.8 Å². The smallest absolute Gasteiger partial charge is 0.183 e. The topological polar surface area (TPSA) is 50.1 Å². The molecule has 1 aromatic rings. The molecule has 0 bridgehead atoms. The Kier molecular flexibility index (Phi) is 3.66. The molecule has 0 aliphatic heterocycles. The van der Waals surface area contributed by atoms with E-state index in [9.17, 15) is 10.1 Å². The van der Waals surface area contributed by atoms with E-state index in [1.807, 2.05) is 0 Å². The van der Waals surface area contributed by atoms with E-state index in [0.29, 0.717) is 18.4 Å². The minimum atomic E-state index is -0.799. The molecule has 94 valence electrons. The first-order valence-corrected chi connectivity index (χ1v) is 6.32. The van der Waals surface area contributed by atoms with Crippen LogP contribution in [0.25, 0.3) is 0 Å². The summed E-state index contributed by atoms with van der Waals surface area (Å²) >= 11 is 0. The summed E-state index contributed by atoms with van der Waals surface area (Å²) in [6.45, 7) is 0. The molecule has 1 aliphatic carbocycles. The van der Waals surface area contributed by atoms with Gasteiger partial charge < -0.3 is 4.74 Å². The van der Waals surface area contributed by atoms with E-state index in [4.69, 9.17) is 4.74 Å². The summed E-state index contributed by atoms with van der Waals surface area (Å²) < 4.78 is 5.07. The number of hydrogen-bond acceptors (Lipinski definition) is 3. The summed E-state index contributed by atoms with van der Waals surface area (Å²) in [7, 11) is 1.59. The molecule has 0 atom stereocenters. The normalized spacial score (nSPS) is 17.8. The van der Waals surface area contributed by atoms with Crippen molar-refractivity contribution in [1.82, 2.24) is 0 Å². The van der Waals surface area contributed by atoms with Crippen LogP contribution in [0.1, 0.15) is 42.5 Å². The van der Waals surface area contributed by atoms with Gasteiger partial charge in [0.05, 0.1) is 13.2 Å². The van der Waals surface area contributed by atoms with E-state index in [-0.39, 0.29) is 5.78 Å². The van der Waals surface area contributed by atoms with E-state index < -0.39 is 5.41 Å². The highest BCUT2D eigenvalue weighted by Crippen LogP contribution is 2.38. The van der Waals surface area contributed by atoms with E-state index in [1.165, 1.54) is 0 Å². The lowest BCUT2D eigenvalue weighted by atomic mass is 9.70. The Morgan fingerprint density at radius 3 is 2.33 bits per heavy atom.